The molecule has 0 atom stereocenters. The summed E-state index contributed by atoms with van der Waals surface area (Å²) in [5.41, 5.74) is 2.06. The third-order valence-corrected chi connectivity index (χ3v) is 3.34. The first-order valence-corrected chi connectivity index (χ1v) is 7.51. The molecular formula is C16H19BFN3O3. The molecule has 6 nitrogen and oxygen atoms in total. The first-order valence-electron chi connectivity index (χ1n) is 7.51. The Hall–Kier alpha value is -2.61. The Kier molecular flexibility index (Phi) is 6.14. The van der Waals surface area contributed by atoms with Gasteiger partial charge in [-0.1, -0.05) is 6.07 Å². The lowest BCUT2D eigenvalue weighted by Gasteiger charge is -2.09. The van der Waals surface area contributed by atoms with Crippen LogP contribution >= 0.6 is 0 Å². The third-order valence-electron chi connectivity index (χ3n) is 3.34. The fourth-order valence-electron chi connectivity index (χ4n) is 2.20. The second kappa shape index (κ2) is 8.30. The number of aryl methyl sites for hydroxylation is 2. The Bertz CT molecular complexity index is 713. The number of rotatable bonds is 6. The van der Waals surface area contributed by atoms with E-state index in [4.69, 9.17) is 0 Å². The molecule has 2 aromatic rings. The minimum absolute atomic E-state index is 0.266. The minimum Gasteiger partial charge on any atom is -0.453 e. The van der Waals surface area contributed by atoms with Crippen LogP contribution < -0.4 is 10.5 Å². The summed E-state index contributed by atoms with van der Waals surface area (Å²) in [4.78, 5) is 15.2. The molecular weight excluding hydrogens is 312 g/mol. The Morgan fingerprint density at radius 3 is 2.62 bits per heavy atom. The van der Waals surface area contributed by atoms with Crippen LogP contribution in [0.15, 0.2) is 36.5 Å². The highest BCUT2D eigenvalue weighted by atomic mass is 19.1. The van der Waals surface area contributed by atoms with E-state index in [0.29, 0.717) is 18.7 Å². The second-order valence-corrected chi connectivity index (χ2v) is 5.30. The first-order chi connectivity index (χ1) is 11.5. The maximum absolute atomic E-state index is 13.9. The highest BCUT2D eigenvalue weighted by molar-refractivity contribution is 6.52. The molecule has 1 heterocycles. The fraction of sp³-hybridized carbons (Fsp3) is 0.250. The van der Waals surface area contributed by atoms with Gasteiger partial charge in [-0.05, 0) is 55.1 Å². The van der Waals surface area contributed by atoms with E-state index in [9.17, 15) is 14.2 Å². The average Bonchev–Trinajstić information content (AvgIpc) is 2.55. The van der Waals surface area contributed by atoms with Crippen molar-refractivity contribution >= 4 is 24.6 Å². The highest BCUT2D eigenvalue weighted by Crippen LogP contribution is 2.18. The lowest BCUT2D eigenvalue weighted by Crippen LogP contribution is -2.20. The van der Waals surface area contributed by atoms with Crippen molar-refractivity contribution < 1.29 is 18.9 Å². The summed E-state index contributed by atoms with van der Waals surface area (Å²) in [6.45, 7) is 1.52. The van der Waals surface area contributed by atoms with E-state index in [1.165, 1.54) is 20.0 Å². The number of hydrogen-bond donors (Lipinski definition) is 3. The van der Waals surface area contributed by atoms with Crippen molar-refractivity contribution in [2.45, 2.75) is 19.7 Å². The first kappa shape index (κ1) is 17.7. The lowest BCUT2D eigenvalue weighted by atomic mass is 9.88. The molecule has 1 aromatic carbocycles. The van der Waals surface area contributed by atoms with Crippen molar-refractivity contribution in [3.8, 4) is 0 Å². The van der Waals surface area contributed by atoms with Crippen LogP contribution in [0.4, 0.5) is 20.7 Å². The highest BCUT2D eigenvalue weighted by Gasteiger charge is 2.09. The van der Waals surface area contributed by atoms with Gasteiger partial charge in [-0.2, -0.15) is 0 Å². The molecule has 0 saturated carbocycles. The van der Waals surface area contributed by atoms with Crippen molar-refractivity contribution in [3.63, 3.8) is 0 Å². The zero-order chi connectivity index (χ0) is 17.5. The van der Waals surface area contributed by atoms with Gasteiger partial charge in [0.2, 0.25) is 0 Å². The molecule has 0 saturated heterocycles. The topological polar surface area (TPSA) is 83.5 Å². The van der Waals surface area contributed by atoms with Gasteiger partial charge in [-0.3, -0.25) is 5.32 Å². The minimum atomic E-state index is -0.817. The standard InChI is InChI=1S/C16H19BFN3O3/c1-17(23)21-14-6-5-11(9-13(14)18)3-4-12-7-8-19-15(10-12)20-16(22)24-2/h5-10,21,23H,3-4H2,1-2H3,(H,19,20,22). The molecule has 8 heteroatoms. The zero-order valence-electron chi connectivity index (χ0n) is 13.5. The molecule has 2 rings (SSSR count). The summed E-state index contributed by atoms with van der Waals surface area (Å²) in [6, 6.07) is 8.44. The Morgan fingerprint density at radius 2 is 2.00 bits per heavy atom. The molecule has 0 spiro atoms. The van der Waals surface area contributed by atoms with Crippen LogP contribution in [0.25, 0.3) is 0 Å². The van der Waals surface area contributed by atoms with Crippen molar-refractivity contribution in [2.24, 2.45) is 0 Å². The quantitative estimate of drug-likeness (QED) is 0.709. The Balaban J connectivity index is 1.99. The van der Waals surface area contributed by atoms with Crippen LogP contribution in [0.2, 0.25) is 6.82 Å². The smallest absolute Gasteiger partial charge is 0.412 e. The summed E-state index contributed by atoms with van der Waals surface area (Å²) in [6.07, 6.45) is 2.31. The van der Waals surface area contributed by atoms with Crippen LogP contribution in [-0.4, -0.2) is 30.3 Å². The van der Waals surface area contributed by atoms with E-state index in [1.54, 1.807) is 18.3 Å². The maximum atomic E-state index is 13.9. The van der Waals surface area contributed by atoms with Crippen LogP contribution in [0.3, 0.4) is 0 Å². The molecule has 0 aliphatic rings. The molecule has 0 fully saturated rings. The summed E-state index contributed by atoms with van der Waals surface area (Å²) < 4.78 is 18.5. The van der Waals surface area contributed by atoms with Gasteiger partial charge in [0.25, 0.3) is 0 Å². The SMILES string of the molecule is COC(=O)Nc1cc(CCc2ccc(NB(C)O)c(F)c2)ccn1. The zero-order valence-corrected chi connectivity index (χ0v) is 13.5. The monoisotopic (exact) mass is 331 g/mol. The number of methoxy groups -OCH3 is 1. The number of hydrogen-bond acceptors (Lipinski definition) is 5. The summed E-state index contributed by atoms with van der Waals surface area (Å²) in [5, 5.41) is 14.4. The molecule has 0 aliphatic heterocycles. The number of carbonyl (C=O) groups is 1. The van der Waals surface area contributed by atoms with Crippen molar-refractivity contribution in [3.05, 3.63) is 53.5 Å². The number of benzene rings is 1. The molecule has 126 valence electrons. The average molecular weight is 331 g/mol. The van der Waals surface area contributed by atoms with Gasteiger partial charge in [-0.15, -0.1) is 0 Å². The van der Waals surface area contributed by atoms with E-state index >= 15 is 0 Å². The molecule has 1 amide bonds. The number of nitrogens with one attached hydrogen (secondary N) is 2. The van der Waals surface area contributed by atoms with E-state index in [2.05, 4.69) is 20.3 Å². The molecule has 3 N–H and O–H groups in total. The van der Waals surface area contributed by atoms with Crippen LogP contribution in [0, 0.1) is 5.82 Å². The van der Waals surface area contributed by atoms with E-state index in [1.807, 2.05) is 12.1 Å². The van der Waals surface area contributed by atoms with Crippen molar-refractivity contribution in [2.75, 3.05) is 17.7 Å². The number of amides is 1. The number of ether oxygens (including phenoxy) is 1. The van der Waals surface area contributed by atoms with Crippen LogP contribution in [0.5, 0.6) is 0 Å². The van der Waals surface area contributed by atoms with Gasteiger partial charge in [0, 0.05) is 6.20 Å². The van der Waals surface area contributed by atoms with Gasteiger partial charge in [-0.25, -0.2) is 14.2 Å². The number of anilines is 2. The van der Waals surface area contributed by atoms with E-state index in [0.717, 1.165) is 11.1 Å². The molecule has 0 radical (unpaired) electrons. The third kappa shape index (κ3) is 5.24. The lowest BCUT2D eigenvalue weighted by molar-refractivity contribution is 0.187. The van der Waals surface area contributed by atoms with Gasteiger partial charge < -0.3 is 15.0 Å². The number of aromatic nitrogens is 1. The molecule has 0 unspecified atom stereocenters. The second-order valence-electron chi connectivity index (χ2n) is 5.30. The number of halogens is 1. The normalized spacial score (nSPS) is 10.2. The predicted octanol–water partition coefficient (Wildman–Crippen LogP) is 2.71. The number of nitrogens with zero attached hydrogens (tertiary/aromatic N) is 1. The van der Waals surface area contributed by atoms with Gasteiger partial charge in [0.05, 0.1) is 12.8 Å². The van der Waals surface area contributed by atoms with E-state index in [-0.39, 0.29) is 5.69 Å². The summed E-state index contributed by atoms with van der Waals surface area (Å²) >= 11 is 0. The Labute approximate surface area is 140 Å². The summed E-state index contributed by atoms with van der Waals surface area (Å²) in [5.74, 6) is -0.00168. The van der Waals surface area contributed by atoms with Gasteiger partial charge >= 0.3 is 13.1 Å². The van der Waals surface area contributed by atoms with E-state index < -0.39 is 19.0 Å². The molecule has 24 heavy (non-hydrogen) atoms. The maximum Gasteiger partial charge on any atom is 0.412 e. The molecule has 1 aromatic heterocycles. The number of pyridine rings is 1. The number of carbonyl (C=O) groups excluding carboxylic acids is 1. The largest absolute Gasteiger partial charge is 0.453 e. The Morgan fingerprint density at radius 1 is 1.29 bits per heavy atom. The molecule has 0 aliphatic carbocycles. The van der Waals surface area contributed by atoms with Crippen LogP contribution in [-0.2, 0) is 17.6 Å². The molecule has 0 bridgehead atoms. The fourth-order valence-corrected chi connectivity index (χ4v) is 2.20. The van der Waals surface area contributed by atoms with Crippen molar-refractivity contribution in [1.29, 1.82) is 0 Å². The summed E-state index contributed by atoms with van der Waals surface area (Å²) in [7, 11) is 0.465. The van der Waals surface area contributed by atoms with Gasteiger partial charge in [0.1, 0.15) is 11.6 Å². The van der Waals surface area contributed by atoms with Crippen molar-refractivity contribution in [1.82, 2.24) is 4.98 Å². The van der Waals surface area contributed by atoms with Gasteiger partial charge in [0.15, 0.2) is 0 Å². The van der Waals surface area contributed by atoms with Crippen LogP contribution in [0.1, 0.15) is 11.1 Å². The predicted molar refractivity (Wildman–Crippen MR) is 91.5 cm³/mol.